The van der Waals surface area contributed by atoms with Gasteiger partial charge in [0.1, 0.15) is 5.82 Å². The summed E-state index contributed by atoms with van der Waals surface area (Å²) in [6, 6.07) is 4.45. The van der Waals surface area contributed by atoms with E-state index in [-0.39, 0.29) is 0 Å². The zero-order valence-electron chi connectivity index (χ0n) is 10.8. The van der Waals surface area contributed by atoms with Gasteiger partial charge in [-0.05, 0) is 57.3 Å². The number of pyridine rings is 1. The lowest BCUT2D eigenvalue weighted by Gasteiger charge is -2.17. The average Bonchev–Trinajstić information content (AvgIpc) is 2.38. The second kappa shape index (κ2) is 6.60. The van der Waals surface area contributed by atoms with Gasteiger partial charge in [0.2, 0.25) is 0 Å². The quantitative estimate of drug-likeness (QED) is 0.741. The monoisotopic (exact) mass is 233 g/mol. The highest BCUT2D eigenvalue weighted by molar-refractivity contribution is 5.46. The van der Waals surface area contributed by atoms with Gasteiger partial charge in [0.25, 0.3) is 0 Å². The molecule has 0 unspecified atom stereocenters. The molecule has 0 radical (unpaired) electrons. The van der Waals surface area contributed by atoms with Crippen molar-refractivity contribution in [3.63, 3.8) is 0 Å². The fourth-order valence-electron chi connectivity index (χ4n) is 2.29. The standard InChI is InChI=1S/C14H23N3/c1-15-10-4-2-3-7-13-9-8-12-6-5-11-16-14(12)17-13/h8-9,15H,2-7,10-11H2,1H3,(H,16,17). The Morgan fingerprint density at radius 1 is 1.29 bits per heavy atom. The van der Waals surface area contributed by atoms with Crippen LogP contribution < -0.4 is 10.6 Å². The van der Waals surface area contributed by atoms with Crippen molar-refractivity contribution in [2.45, 2.75) is 38.5 Å². The lowest BCUT2D eigenvalue weighted by Crippen LogP contribution is -2.14. The number of rotatable bonds is 6. The lowest BCUT2D eigenvalue weighted by molar-refractivity contribution is 0.637. The van der Waals surface area contributed by atoms with E-state index in [1.807, 2.05) is 7.05 Å². The van der Waals surface area contributed by atoms with Crippen LogP contribution in [0.4, 0.5) is 5.82 Å². The summed E-state index contributed by atoms with van der Waals surface area (Å²) in [4.78, 5) is 4.70. The van der Waals surface area contributed by atoms with Crippen LogP contribution >= 0.6 is 0 Å². The van der Waals surface area contributed by atoms with E-state index in [1.54, 1.807) is 0 Å². The molecule has 17 heavy (non-hydrogen) atoms. The molecule has 3 nitrogen and oxygen atoms in total. The number of unbranched alkanes of at least 4 members (excludes halogenated alkanes) is 2. The molecule has 0 saturated heterocycles. The molecular formula is C14H23N3. The number of hydrogen-bond donors (Lipinski definition) is 2. The third kappa shape index (κ3) is 3.70. The first-order valence-corrected chi connectivity index (χ1v) is 6.77. The Labute approximate surface area is 104 Å². The minimum absolute atomic E-state index is 1.08. The molecule has 0 aliphatic carbocycles. The Morgan fingerprint density at radius 3 is 3.12 bits per heavy atom. The molecule has 1 aliphatic rings. The van der Waals surface area contributed by atoms with Crippen LogP contribution in [0.3, 0.4) is 0 Å². The van der Waals surface area contributed by atoms with Crippen molar-refractivity contribution >= 4 is 5.82 Å². The van der Waals surface area contributed by atoms with Crippen molar-refractivity contribution in [3.05, 3.63) is 23.4 Å². The van der Waals surface area contributed by atoms with Gasteiger partial charge in [0.05, 0.1) is 0 Å². The van der Waals surface area contributed by atoms with Crippen LogP contribution in [0.25, 0.3) is 0 Å². The third-order valence-corrected chi connectivity index (χ3v) is 3.31. The van der Waals surface area contributed by atoms with E-state index >= 15 is 0 Å². The van der Waals surface area contributed by atoms with Gasteiger partial charge < -0.3 is 10.6 Å². The van der Waals surface area contributed by atoms with Crippen LogP contribution in [0.1, 0.15) is 36.9 Å². The molecule has 2 N–H and O–H groups in total. The van der Waals surface area contributed by atoms with Crippen molar-refractivity contribution in [1.82, 2.24) is 10.3 Å². The summed E-state index contributed by atoms with van der Waals surface area (Å²) in [6.45, 7) is 2.20. The summed E-state index contributed by atoms with van der Waals surface area (Å²) < 4.78 is 0. The molecule has 0 amide bonds. The summed E-state index contributed by atoms with van der Waals surface area (Å²) in [5.74, 6) is 1.13. The van der Waals surface area contributed by atoms with E-state index in [4.69, 9.17) is 4.98 Å². The Hall–Kier alpha value is -1.09. The Balaban J connectivity index is 1.81. The van der Waals surface area contributed by atoms with Gasteiger partial charge in [-0.3, -0.25) is 0 Å². The van der Waals surface area contributed by atoms with E-state index < -0.39 is 0 Å². The highest BCUT2D eigenvalue weighted by Crippen LogP contribution is 2.20. The zero-order chi connectivity index (χ0) is 11.9. The molecule has 2 rings (SSSR count). The first-order valence-electron chi connectivity index (χ1n) is 6.77. The minimum Gasteiger partial charge on any atom is -0.370 e. The second-order valence-corrected chi connectivity index (χ2v) is 4.75. The maximum absolute atomic E-state index is 4.70. The first kappa shape index (κ1) is 12.4. The topological polar surface area (TPSA) is 37.0 Å². The molecule has 2 heterocycles. The number of nitrogens with zero attached hydrogens (tertiary/aromatic N) is 1. The zero-order valence-corrected chi connectivity index (χ0v) is 10.8. The van der Waals surface area contributed by atoms with Crippen LogP contribution in [-0.2, 0) is 12.8 Å². The van der Waals surface area contributed by atoms with E-state index in [9.17, 15) is 0 Å². The van der Waals surface area contributed by atoms with Crippen molar-refractivity contribution < 1.29 is 0 Å². The molecule has 0 fully saturated rings. The molecule has 0 spiro atoms. The fraction of sp³-hybridized carbons (Fsp3) is 0.643. The Kier molecular flexibility index (Phi) is 4.80. The molecule has 1 aliphatic heterocycles. The normalized spacial score (nSPS) is 14.2. The van der Waals surface area contributed by atoms with Gasteiger partial charge in [-0.1, -0.05) is 12.5 Å². The predicted octanol–water partition coefficient (Wildman–Crippen LogP) is 2.37. The maximum atomic E-state index is 4.70. The SMILES string of the molecule is CNCCCCCc1ccc2c(n1)NCCC2. The number of aryl methyl sites for hydroxylation is 2. The molecule has 0 bridgehead atoms. The van der Waals surface area contributed by atoms with Crippen molar-refractivity contribution in [1.29, 1.82) is 0 Å². The summed E-state index contributed by atoms with van der Waals surface area (Å²) in [5, 5.41) is 6.57. The molecular weight excluding hydrogens is 210 g/mol. The van der Waals surface area contributed by atoms with Crippen LogP contribution in [0.5, 0.6) is 0 Å². The average molecular weight is 233 g/mol. The predicted molar refractivity (Wildman–Crippen MR) is 72.5 cm³/mol. The van der Waals surface area contributed by atoms with Gasteiger partial charge in [0, 0.05) is 12.2 Å². The van der Waals surface area contributed by atoms with Gasteiger partial charge >= 0.3 is 0 Å². The van der Waals surface area contributed by atoms with Gasteiger partial charge in [-0.2, -0.15) is 0 Å². The smallest absolute Gasteiger partial charge is 0.129 e. The van der Waals surface area contributed by atoms with Crippen molar-refractivity contribution in [3.8, 4) is 0 Å². The largest absolute Gasteiger partial charge is 0.370 e. The Bertz CT molecular complexity index is 349. The number of fused-ring (bicyclic) bond motifs is 1. The second-order valence-electron chi connectivity index (χ2n) is 4.75. The molecule has 3 heteroatoms. The number of nitrogens with one attached hydrogen (secondary N) is 2. The van der Waals surface area contributed by atoms with Crippen LogP contribution in [0, 0.1) is 0 Å². The van der Waals surface area contributed by atoms with Crippen LogP contribution in [-0.4, -0.2) is 25.1 Å². The summed E-state index contributed by atoms with van der Waals surface area (Å²) in [6.07, 6.45) is 7.31. The maximum Gasteiger partial charge on any atom is 0.129 e. The molecule has 1 aromatic heterocycles. The van der Waals surface area contributed by atoms with E-state index in [2.05, 4.69) is 22.8 Å². The Morgan fingerprint density at radius 2 is 2.24 bits per heavy atom. The molecule has 1 aromatic rings. The van der Waals surface area contributed by atoms with Crippen molar-refractivity contribution in [2.75, 3.05) is 25.5 Å². The summed E-state index contributed by atoms with van der Waals surface area (Å²) in [5.41, 5.74) is 2.62. The highest BCUT2D eigenvalue weighted by Gasteiger charge is 2.09. The van der Waals surface area contributed by atoms with Gasteiger partial charge in [0.15, 0.2) is 0 Å². The third-order valence-electron chi connectivity index (χ3n) is 3.31. The molecule has 0 atom stereocenters. The molecule has 0 aromatic carbocycles. The molecule has 94 valence electrons. The highest BCUT2D eigenvalue weighted by atomic mass is 15.0. The van der Waals surface area contributed by atoms with Crippen molar-refractivity contribution in [2.24, 2.45) is 0 Å². The number of aromatic nitrogens is 1. The summed E-state index contributed by atoms with van der Waals surface area (Å²) in [7, 11) is 2.01. The molecule has 0 saturated carbocycles. The van der Waals surface area contributed by atoms with Gasteiger partial charge in [-0.25, -0.2) is 4.98 Å². The minimum atomic E-state index is 1.08. The first-order chi connectivity index (χ1) is 8.40. The van der Waals surface area contributed by atoms with E-state index in [0.717, 1.165) is 25.3 Å². The van der Waals surface area contributed by atoms with E-state index in [1.165, 1.54) is 43.4 Å². The lowest BCUT2D eigenvalue weighted by atomic mass is 10.1. The number of hydrogen-bond acceptors (Lipinski definition) is 3. The van der Waals surface area contributed by atoms with Crippen LogP contribution in [0.15, 0.2) is 12.1 Å². The number of anilines is 1. The van der Waals surface area contributed by atoms with Crippen LogP contribution in [0.2, 0.25) is 0 Å². The van der Waals surface area contributed by atoms with Gasteiger partial charge in [-0.15, -0.1) is 0 Å². The van der Waals surface area contributed by atoms with E-state index in [0.29, 0.717) is 0 Å². The fourth-order valence-corrected chi connectivity index (χ4v) is 2.29. The summed E-state index contributed by atoms with van der Waals surface area (Å²) >= 11 is 0.